The molecule has 0 aliphatic rings. The summed E-state index contributed by atoms with van der Waals surface area (Å²) in [6.07, 6.45) is 3.79. The first-order valence-electron chi connectivity index (χ1n) is 7.76. The molecule has 20 heavy (non-hydrogen) atoms. The highest BCUT2D eigenvalue weighted by molar-refractivity contribution is 5.58. The Morgan fingerprint density at radius 3 is 2.15 bits per heavy atom. The van der Waals surface area contributed by atoms with Gasteiger partial charge in [0.15, 0.2) is 0 Å². The molecule has 0 aromatic carbocycles. The minimum atomic E-state index is 0.622. The Balaban J connectivity index is 3.16. The first kappa shape index (κ1) is 16.7. The van der Waals surface area contributed by atoms with E-state index >= 15 is 0 Å². The van der Waals surface area contributed by atoms with Gasteiger partial charge in [-0.3, -0.25) is 0 Å². The Labute approximate surface area is 124 Å². The van der Waals surface area contributed by atoms with E-state index in [9.17, 15) is 0 Å². The van der Waals surface area contributed by atoms with E-state index in [2.05, 4.69) is 54.8 Å². The smallest absolute Gasteiger partial charge is 0.137 e. The molecule has 0 amide bonds. The number of rotatable bonds is 8. The highest BCUT2D eigenvalue weighted by Crippen LogP contribution is 2.26. The van der Waals surface area contributed by atoms with Gasteiger partial charge in [0.2, 0.25) is 0 Å². The van der Waals surface area contributed by atoms with Crippen molar-refractivity contribution >= 4 is 11.6 Å². The average Bonchev–Trinajstić information content (AvgIpc) is 2.37. The monoisotopic (exact) mass is 278 g/mol. The summed E-state index contributed by atoms with van der Waals surface area (Å²) in [6.45, 7) is 13.3. The molecule has 1 rings (SSSR count). The second-order valence-corrected chi connectivity index (χ2v) is 6.22. The maximum absolute atomic E-state index is 4.59. The molecule has 1 aromatic heterocycles. The van der Waals surface area contributed by atoms with Gasteiger partial charge in [0.1, 0.15) is 18.0 Å². The van der Waals surface area contributed by atoms with Crippen molar-refractivity contribution in [2.75, 3.05) is 30.4 Å². The van der Waals surface area contributed by atoms with E-state index in [0.29, 0.717) is 11.8 Å². The lowest BCUT2D eigenvalue weighted by Crippen LogP contribution is -2.33. The van der Waals surface area contributed by atoms with Gasteiger partial charge in [0.05, 0.1) is 0 Å². The molecular weight excluding hydrogens is 248 g/mol. The second-order valence-electron chi connectivity index (χ2n) is 6.22. The Morgan fingerprint density at radius 1 is 1.10 bits per heavy atom. The van der Waals surface area contributed by atoms with Crippen molar-refractivity contribution in [2.45, 2.75) is 47.5 Å². The lowest BCUT2D eigenvalue weighted by Gasteiger charge is -2.29. The summed E-state index contributed by atoms with van der Waals surface area (Å²) in [6, 6.07) is 0. The van der Waals surface area contributed by atoms with Crippen molar-refractivity contribution in [1.29, 1.82) is 0 Å². The first-order valence-corrected chi connectivity index (χ1v) is 7.76. The van der Waals surface area contributed by atoms with Crippen LogP contribution < -0.4 is 10.2 Å². The van der Waals surface area contributed by atoms with Crippen molar-refractivity contribution in [3.63, 3.8) is 0 Å². The zero-order valence-electron chi connectivity index (χ0n) is 13.9. The lowest BCUT2D eigenvalue weighted by atomic mass is 10.1. The zero-order valence-corrected chi connectivity index (χ0v) is 13.9. The number of aromatic nitrogens is 2. The fraction of sp³-hybridized carbons (Fsp3) is 0.750. The van der Waals surface area contributed by atoms with Crippen LogP contribution in [-0.4, -0.2) is 30.1 Å². The molecule has 0 saturated carbocycles. The van der Waals surface area contributed by atoms with Crippen LogP contribution in [0.3, 0.4) is 0 Å². The largest absolute Gasteiger partial charge is 0.373 e. The van der Waals surface area contributed by atoms with Gasteiger partial charge in [-0.1, -0.05) is 41.0 Å². The molecule has 0 saturated heterocycles. The summed E-state index contributed by atoms with van der Waals surface area (Å²) < 4.78 is 0. The summed E-state index contributed by atoms with van der Waals surface area (Å²) in [4.78, 5) is 11.4. The van der Waals surface area contributed by atoms with E-state index in [-0.39, 0.29) is 0 Å². The lowest BCUT2D eigenvalue weighted by molar-refractivity contribution is 0.546. The number of nitrogens with one attached hydrogen (secondary N) is 1. The summed E-state index contributed by atoms with van der Waals surface area (Å²) in [5.41, 5.74) is 1.25. The SMILES string of the molecule is CCCc1c(NC)ncnc1N(CC(C)C)CC(C)C. The molecule has 0 fully saturated rings. The molecule has 4 nitrogen and oxygen atoms in total. The van der Waals surface area contributed by atoms with E-state index in [1.54, 1.807) is 6.33 Å². The highest BCUT2D eigenvalue weighted by Gasteiger charge is 2.18. The summed E-state index contributed by atoms with van der Waals surface area (Å²) >= 11 is 0. The fourth-order valence-corrected chi connectivity index (χ4v) is 2.50. The number of nitrogens with zero attached hydrogens (tertiary/aromatic N) is 3. The maximum Gasteiger partial charge on any atom is 0.137 e. The van der Waals surface area contributed by atoms with Crippen LogP contribution in [0.25, 0.3) is 0 Å². The van der Waals surface area contributed by atoms with Crippen LogP contribution in [0.15, 0.2) is 6.33 Å². The van der Waals surface area contributed by atoms with Crippen LogP contribution >= 0.6 is 0 Å². The molecule has 0 unspecified atom stereocenters. The highest BCUT2D eigenvalue weighted by atomic mass is 15.2. The Hall–Kier alpha value is -1.32. The molecule has 4 heteroatoms. The van der Waals surface area contributed by atoms with Crippen molar-refractivity contribution < 1.29 is 0 Å². The van der Waals surface area contributed by atoms with Gasteiger partial charge in [0, 0.05) is 25.7 Å². The molecule has 1 N–H and O–H groups in total. The van der Waals surface area contributed by atoms with Crippen LogP contribution in [0.2, 0.25) is 0 Å². The van der Waals surface area contributed by atoms with Crippen molar-refractivity contribution in [3.05, 3.63) is 11.9 Å². The average molecular weight is 278 g/mol. The molecule has 1 aromatic rings. The van der Waals surface area contributed by atoms with Gasteiger partial charge < -0.3 is 10.2 Å². The molecule has 0 spiro atoms. The van der Waals surface area contributed by atoms with Crippen LogP contribution in [0.1, 0.15) is 46.6 Å². The first-order chi connectivity index (χ1) is 9.49. The van der Waals surface area contributed by atoms with Gasteiger partial charge in [0.25, 0.3) is 0 Å². The third-order valence-electron chi connectivity index (χ3n) is 3.13. The van der Waals surface area contributed by atoms with Crippen molar-refractivity contribution in [3.8, 4) is 0 Å². The minimum Gasteiger partial charge on any atom is -0.373 e. The predicted octanol–water partition coefficient (Wildman–Crippen LogP) is 3.59. The fourth-order valence-electron chi connectivity index (χ4n) is 2.50. The van der Waals surface area contributed by atoms with E-state index in [4.69, 9.17) is 0 Å². The summed E-state index contributed by atoms with van der Waals surface area (Å²) in [5.74, 6) is 3.32. The van der Waals surface area contributed by atoms with Crippen LogP contribution in [0.4, 0.5) is 11.6 Å². The van der Waals surface area contributed by atoms with Crippen LogP contribution in [0, 0.1) is 11.8 Å². The van der Waals surface area contributed by atoms with Gasteiger partial charge in [-0.15, -0.1) is 0 Å². The molecule has 0 aliphatic carbocycles. The quantitative estimate of drug-likeness (QED) is 0.789. The second kappa shape index (κ2) is 8.08. The number of hydrogen-bond acceptors (Lipinski definition) is 4. The number of hydrogen-bond donors (Lipinski definition) is 1. The van der Waals surface area contributed by atoms with Gasteiger partial charge in [-0.05, 0) is 18.3 Å². The van der Waals surface area contributed by atoms with E-state index < -0.39 is 0 Å². The third kappa shape index (κ3) is 4.66. The van der Waals surface area contributed by atoms with E-state index in [1.807, 2.05) is 7.05 Å². The van der Waals surface area contributed by atoms with Gasteiger partial charge in [-0.25, -0.2) is 9.97 Å². The predicted molar refractivity (Wildman–Crippen MR) is 87.5 cm³/mol. The Morgan fingerprint density at radius 2 is 1.70 bits per heavy atom. The third-order valence-corrected chi connectivity index (χ3v) is 3.13. The Bertz CT molecular complexity index is 391. The molecule has 0 aliphatic heterocycles. The normalized spacial score (nSPS) is 11.2. The molecule has 0 radical (unpaired) electrons. The number of anilines is 2. The van der Waals surface area contributed by atoms with Crippen molar-refractivity contribution in [2.24, 2.45) is 11.8 Å². The topological polar surface area (TPSA) is 41.1 Å². The molecule has 1 heterocycles. The summed E-state index contributed by atoms with van der Waals surface area (Å²) in [5, 5.41) is 3.20. The minimum absolute atomic E-state index is 0.622. The molecular formula is C16H30N4. The van der Waals surface area contributed by atoms with Gasteiger partial charge >= 0.3 is 0 Å². The van der Waals surface area contributed by atoms with Crippen LogP contribution in [-0.2, 0) is 6.42 Å². The van der Waals surface area contributed by atoms with Crippen molar-refractivity contribution in [1.82, 2.24) is 9.97 Å². The zero-order chi connectivity index (χ0) is 15.1. The van der Waals surface area contributed by atoms with E-state index in [0.717, 1.165) is 37.6 Å². The molecule has 114 valence electrons. The Kier molecular flexibility index (Phi) is 6.76. The maximum atomic E-state index is 4.59. The van der Waals surface area contributed by atoms with Crippen LogP contribution in [0.5, 0.6) is 0 Å². The van der Waals surface area contributed by atoms with E-state index in [1.165, 1.54) is 5.56 Å². The van der Waals surface area contributed by atoms with Gasteiger partial charge in [-0.2, -0.15) is 0 Å². The summed E-state index contributed by atoms with van der Waals surface area (Å²) in [7, 11) is 1.93. The standard InChI is InChI=1S/C16H30N4/c1-7-8-14-15(17-6)18-11-19-16(14)20(9-12(2)3)10-13(4)5/h11-13H,7-10H2,1-6H3,(H,17,18,19). The molecule has 0 bridgehead atoms. The molecule has 0 atom stereocenters.